The molecule has 1 aliphatic rings. The highest BCUT2D eigenvalue weighted by molar-refractivity contribution is 5.30. The molecule has 0 saturated carbocycles. The van der Waals surface area contributed by atoms with Crippen LogP contribution in [0, 0.1) is 17.8 Å². The summed E-state index contributed by atoms with van der Waals surface area (Å²) in [5, 5.41) is 0. The fraction of sp³-hybridized carbons (Fsp3) is 0.733. The molecule has 1 aliphatic heterocycles. The van der Waals surface area contributed by atoms with Crippen LogP contribution in [0.4, 0.5) is 5.95 Å². The van der Waals surface area contributed by atoms with Gasteiger partial charge in [-0.1, -0.05) is 27.7 Å². The van der Waals surface area contributed by atoms with Gasteiger partial charge in [-0.15, -0.1) is 0 Å². The summed E-state index contributed by atoms with van der Waals surface area (Å²) in [7, 11) is 0. The number of aryl methyl sites for hydroxylation is 1. The zero-order valence-corrected chi connectivity index (χ0v) is 12.1. The molecule has 100 valence electrons. The Morgan fingerprint density at radius 2 is 2.00 bits per heavy atom. The lowest BCUT2D eigenvalue weighted by molar-refractivity contribution is 0.227. The lowest BCUT2D eigenvalue weighted by atomic mass is 9.79. The zero-order valence-electron chi connectivity index (χ0n) is 12.1. The van der Waals surface area contributed by atoms with Gasteiger partial charge in [-0.3, -0.25) is 0 Å². The van der Waals surface area contributed by atoms with Crippen LogP contribution in [0.1, 0.15) is 39.7 Å². The number of rotatable bonds is 3. The average Bonchev–Trinajstić information content (AvgIpc) is 2.38. The summed E-state index contributed by atoms with van der Waals surface area (Å²) in [6, 6.07) is 0. The van der Waals surface area contributed by atoms with Crippen molar-refractivity contribution in [3.05, 3.63) is 18.0 Å². The molecule has 0 spiro atoms. The molecule has 18 heavy (non-hydrogen) atoms. The second-order valence-corrected chi connectivity index (χ2v) is 5.86. The van der Waals surface area contributed by atoms with E-state index in [-0.39, 0.29) is 0 Å². The van der Waals surface area contributed by atoms with E-state index in [4.69, 9.17) is 0 Å². The number of anilines is 1. The molecule has 2 atom stereocenters. The molecule has 0 bridgehead atoms. The van der Waals surface area contributed by atoms with Gasteiger partial charge in [0.05, 0.1) is 0 Å². The summed E-state index contributed by atoms with van der Waals surface area (Å²) in [5.74, 6) is 3.26. The molecule has 1 saturated heterocycles. The average molecular weight is 247 g/mol. The van der Waals surface area contributed by atoms with Crippen molar-refractivity contribution in [3.8, 4) is 0 Å². The minimum Gasteiger partial charge on any atom is -0.341 e. The maximum atomic E-state index is 4.49. The predicted molar refractivity (Wildman–Crippen MR) is 75.7 cm³/mol. The first kappa shape index (κ1) is 13.3. The summed E-state index contributed by atoms with van der Waals surface area (Å²) < 4.78 is 0. The van der Waals surface area contributed by atoms with E-state index in [0.29, 0.717) is 0 Å². The van der Waals surface area contributed by atoms with E-state index in [2.05, 4.69) is 42.6 Å². The molecule has 0 aliphatic carbocycles. The van der Waals surface area contributed by atoms with Crippen molar-refractivity contribution in [3.63, 3.8) is 0 Å². The van der Waals surface area contributed by atoms with Crippen molar-refractivity contribution >= 4 is 5.95 Å². The van der Waals surface area contributed by atoms with Crippen molar-refractivity contribution in [1.82, 2.24) is 9.97 Å². The monoisotopic (exact) mass is 247 g/mol. The van der Waals surface area contributed by atoms with Crippen molar-refractivity contribution in [2.75, 3.05) is 18.0 Å². The lowest BCUT2D eigenvalue weighted by Crippen LogP contribution is -2.41. The van der Waals surface area contributed by atoms with Crippen LogP contribution in [0.25, 0.3) is 0 Å². The topological polar surface area (TPSA) is 29.0 Å². The molecule has 2 heterocycles. The summed E-state index contributed by atoms with van der Waals surface area (Å²) in [5.41, 5.74) is 1.21. The highest BCUT2D eigenvalue weighted by Gasteiger charge is 2.28. The number of nitrogens with zero attached hydrogens (tertiary/aromatic N) is 3. The van der Waals surface area contributed by atoms with Crippen molar-refractivity contribution in [2.45, 2.75) is 40.5 Å². The molecule has 3 heteroatoms. The number of hydrogen-bond donors (Lipinski definition) is 0. The smallest absolute Gasteiger partial charge is 0.225 e. The fourth-order valence-electron chi connectivity index (χ4n) is 3.03. The summed E-state index contributed by atoms with van der Waals surface area (Å²) >= 11 is 0. The van der Waals surface area contributed by atoms with Gasteiger partial charge in [0.2, 0.25) is 5.95 Å². The molecule has 2 rings (SSSR count). The van der Waals surface area contributed by atoms with E-state index < -0.39 is 0 Å². The molecule has 1 aromatic heterocycles. The Labute approximate surface area is 111 Å². The fourth-order valence-corrected chi connectivity index (χ4v) is 3.03. The van der Waals surface area contributed by atoms with Crippen LogP contribution in [-0.2, 0) is 6.42 Å². The number of hydrogen-bond acceptors (Lipinski definition) is 3. The molecule has 2 unspecified atom stereocenters. The van der Waals surface area contributed by atoms with Gasteiger partial charge in [0, 0.05) is 25.5 Å². The number of piperidine rings is 1. The van der Waals surface area contributed by atoms with Crippen molar-refractivity contribution in [2.24, 2.45) is 17.8 Å². The molecule has 1 fully saturated rings. The number of aromatic nitrogens is 2. The quantitative estimate of drug-likeness (QED) is 0.821. The second kappa shape index (κ2) is 5.68. The van der Waals surface area contributed by atoms with E-state index >= 15 is 0 Å². The first-order valence-electron chi connectivity index (χ1n) is 7.17. The third kappa shape index (κ3) is 2.82. The Morgan fingerprint density at radius 1 is 1.33 bits per heavy atom. The summed E-state index contributed by atoms with van der Waals surface area (Å²) in [4.78, 5) is 11.3. The largest absolute Gasteiger partial charge is 0.341 e. The van der Waals surface area contributed by atoms with Gasteiger partial charge in [0.1, 0.15) is 0 Å². The molecule has 0 radical (unpaired) electrons. The predicted octanol–water partition coefficient (Wildman–Crippen LogP) is 3.16. The molecule has 0 aromatic carbocycles. The van der Waals surface area contributed by atoms with Crippen molar-refractivity contribution < 1.29 is 0 Å². The minimum absolute atomic E-state index is 0.730. The van der Waals surface area contributed by atoms with Crippen LogP contribution in [0.2, 0.25) is 0 Å². The molecular weight excluding hydrogens is 222 g/mol. The van der Waals surface area contributed by atoms with Gasteiger partial charge in [-0.2, -0.15) is 0 Å². The lowest BCUT2D eigenvalue weighted by Gasteiger charge is -2.38. The highest BCUT2D eigenvalue weighted by Crippen LogP contribution is 2.30. The summed E-state index contributed by atoms with van der Waals surface area (Å²) in [6.07, 6.45) is 6.19. The van der Waals surface area contributed by atoms with Crippen LogP contribution in [0.5, 0.6) is 0 Å². The van der Waals surface area contributed by atoms with Gasteiger partial charge < -0.3 is 4.90 Å². The maximum Gasteiger partial charge on any atom is 0.225 e. The first-order valence-corrected chi connectivity index (χ1v) is 7.17. The molecule has 0 N–H and O–H groups in total. The minimum atomic E-state index is 0.730. The van der Waals surface area contributed by atoms with Crippen molar-refractivity contribution in [1.29, 1.82) is 0 Å². The normalized spacial score (nSPS) is 24.6. The van der Waals surface area contributed by atoms with Crippen LogP contribution in [0.15, 0.2) is 12.4 Å². The van der Waals surface area contributed by atoms with Gasteiger partial charge in [-0.25, -0.2) is 9.97 Å². The summed E-state index contributed by atoms with van der Waals surface area (Å²) in [6.45, 7) is 11.4. The van der Waals surface area contributed by atoms with Gasteiger partial charge in [0.15, 0.2) is 0 Å². The molecular formula is C15H25N3. The van der Waals surface area contributed by atoms with Gasteiger partial charge in [0.25, 0.3) is 0 Å². The molecule has 1 aromatic rings. The highest BCUT2D eigenvalue weighted by atomic mass is 15.3. The zero-order chi connectivity index (χ0) is 13.1. The standard InChI is InChI=1S/C15H25N3/c1-5-13-8-16-15(17-9-13)18-7-6-14(11(2)3)12(4)10-18/h8-9,11-12,14H,5-7,10H2,1-4H3. The van der Waals surface area contributed by atoms with Crippen LogP contribution in [-0.4, -0.2) is 23.1 Å². The second-order valence-electron chi connectivity index (χ2n) is 5.86. The third-order valence-electron chi connectivity index (χ3n) is 4.21. The van der Waals surface area contributed by atoms with E-state index in [1.807, 2.05) is 12.4 Å². The van der Waals surface area contributed by atoms with E-state index in [1.54, 1.807) is 0 Å². The molecule has 0 amide bonds. The Morgan fingerprint density at radius 3 is 2.50 bits per heavy atom. The van der Waals surface area contributed by atoms with E-state index in [0.717, 1.165) is 43.2 Å². The Hall–Kier alpha value is -1.12. The molecule has 3 nitrogen and oxygen atoms in total. The van der Waals surface area contributed by atoms with Crippen LogP contribution >= 0.6 is 0 Å². The SMILES string of the molecule is CCc1cnc(N2CCC(C(C)C)C(C)C2)nc1. The van der Waals surface area contributed by atoms with Gasteiger partial charge >= 0.3 is 0 Å². The van der Waals surface area contributed by atoms with Crippen LogP contribution in [0.3, 0.4) is 0 Å². The van der Waals surface area contributed by atoms with E-state index in [9.17, 15) is 0 Å². The van der Waals surface area contributed by atoms with E-state index in [1.165, 1.54) is 12.0 Å². The Balaban J connectivity index is 2.03. The third-order valence-corrected chi connectivity index (χ3v) is 4.21. The maximum absolute atomic E-state index is 4.49. The Bertz CT molecular complexity index is 372. The first-order chi connectivity index (χ1) is 8.61. The van der Waals surface area contributed by atoms with Crippen LogP contribution < -0.4 is 4.90 Å². The van der Waals surface area contributed by atoms with Gasteiger partial charge in [-0.05, 0) is 36.2 Å². The Kier molecular flexibility index (Phi) is 4.20.